The summed E-state index contributed by atoms with van der Waals surface area (Å²) in [5, 5.41) is 4.43. The summed E-state index contributed by atoms with van der Waals surface area (Å²) in [5.74, 6) is -1.000. The zero-order valence-electron chi connectivity index (χ0n) is 21.5. The van der Waals surface area contributed by atoms with E-state index in [4.69, 9.17) is 45.3 Å². The molecule has 0 bridgehead atoms. The lowest BCUT2D eigenvalue weighted by Crippen LogP contribution is -2.48. The number of amides is 3. The number of benzene rings is 2. The number of nitrogens with zero attached hydrogens (tertiary/aromatic N) is 3. The number of carbonyl (C=O) groups is 3. The van der Waals surface area contributed by atoms with Crippen molar-refractivity contribution in [2.75, 3.05) is 52.4 Å². The van der Waals surface area contributed by atoms with Gasteiger partial charge in [0.25, 0.3) is 11.8 Å². The highest BCUT2D eigenvalue weighted by molar-refractivity contribution is 6.42. The summed E-state index contributed by atoms with van der Waals surface area (Å²) < 4.78 is 5.69. The fourth-order valence-electron chi connectivity index (χ4n) is 4.88. The van der Waals surface area contributed by atoms with Gasteiger partial charge in [0.2, 0.25) is 5.91 Å². The normalized spacial score (nSPS) is 18.2. The Morgan fingerprint density at radius 1 is 0.949 bits per heavy atom. The summed E-state index contributed by atoms with van der Waals surface area (Å²) in [5.41, 5.74) is 6.82. The van der Waals surface area contributed by atoms with Gasteiger partial charge in [-0.05, 0) is 48.7 Å². The molecular weight excluding hydrogens is 565 g/mol. The van der Waals surface area contributed by atoms with E-state index in [0.29, 0.717) is 47.5 Å². The highest BCUT2D eigenvalue weighted by Crippen LogP contribution is 2.25. The molecule has 210 valence electrons. The van der Waals surface area contributed by atoms with Gasteiger partial charge in [0.15, 0.2) is 6.61 Å². The second-order valence-electron chi connectivity index (χ2n) is 9.70. The van der Waals surface area contributed by atoms with Gasteiger partial charge < -0.3 is 20.7 Å². The average molecular weight is 597 g/mol. The minimum Gasteiger partial charge on any atom is -0.483 e. The van der Waals surface area contributed by atoms with Crippen LogP contribution in [-0.2, 0) is 16.1 Å². The molecule has 2 aliphatic heterocycles. The van der Waals surface area contributed by atoms with Crippen LogP contribution in [0.4, 0.5) is 0 Å². The molecule has 1 atom stereocenters. The van der Waals surface area contributed by atoms with E-state index in [0.717, 1.165) is 38.3 Å². The third-order valence-corrected chi connectivity index (χ3v) is 7.98. The van der Waals surface area contributed by atoms with Crippen molar-refractivity contribution in [1.29, 1.82) is 0 Å². The van der Waals surface area contributed by atoms with Crippen molar-refractivity contribution in [2.45, 2.75) is 25.4 Å². The van der Waals surface area contributed by atoms with E-state index in [-0.39, 0.29) is 29.7 Å². The lowest BCUT2D eigenvalue weighted by molar-refractivity contribution is -0.138. The van der Waals surface area contributed by atoms with E-state index in [9.17, 15) is 14.4 Å². The molecule has 9 nitrogen and oxygen atoms in total. The number of nitrogens with two attached hydrogens (primary N) is 1. The van der Waals surface area contributed by atoms with E-state index in [1.54, 1.807) is 12.1 Å². The monoisotopic (exact) mass is 595 g/mol. The third kappa shape index (κ3) is 7.99. The Labute approximate surface area is 243 Å². The zero-order valence-corrected chi connectivity index (χ0v) is 23.8. The fourth-order valence-corrected chi connectivity index (χ4v) is 5.36. The molecule has 0 aliphatic carbocycles. The van der Waals surface area contributed by atoms with Crippen LogP contribution < -0.4 is 15.8 Å². The van der Waals surface area contributed by atoms with Gasteiger partial charge >= 0.3 is 0 Å². The second-order valence-corrected chi connectivity index (χ2v) is 10.9. The number of rotatable bonds is 10. The molecule has 0 aromatic heterocycles. The van der Waals surface area contributed by atoms with E-state index in [2.05, 4.69) is 15.1 Å². The molecule has 2 heterocycles. The van der Waals surface area contributed by atoms with Crippen LogP contribution in [0.1, 0.15) is 28.8 Å². The number of likely N-dealkylation sites (tertiary alicyclic amines) is 1. The Balaban J connectivity index is 1.23. The van der Waals surface area contributed by atoms with Crippen molar-refractivity contribution in [3.8, 4) is 5.75 Å². The number of halogens is 3. The van der Waals surface area contributed by atoms with Crippen LogP contribution in [0.25, 0.3) is 0 Å². The van der Waals surface area contributed by atoms with Gasteiger partial charge in [0.05, 0.1) is 15.6 Å². The van der Waals surface area contributed by atoms with Crippen molar-refractivity contribution < 1.29 is 19.1 Å². The maximum atomic E-state index is 12.9. The van der Waals surface area contributed by atoms with E-state index in [1.807, 2.05) is 18.2 Å². The first-order valence-corrected chi connectivity index (χ1v) is 14.0. The van der Waals surface area contributed by atoms with Crippen LogP contribution in [0, 0.1) is 0 Å². The van der Waals surface area contributed by atoms with Crippen molar-refractivity contribution in [2.24, 2.45) is 5.73 Å². The standard InChI is InChI=1S/C27H32Cl3N5O4/c28-19-4-5-20(24(15-19)39-17-25(36)35-8-1-2-23(35)26(31)37)27(38)32-7-9-33-10-12-34(13-11-33)16-18-3-6-21(29)22(30)14-18/h3-6,14-15,23H,1-2,7-13,16-17H2,(H2,31,37)(H,32,38). The minimum absolute atomic E-state index is 0.207. The lowest BCUT2D eigenvalue weighted by atomic mass is 10.2. The summed E-state index contributed by atoms with van der Waals surface area (Å²) in [6.07, 6.45) is 1.24. The maximum Gasteiger partial charge on any atom is 0.261 e. The summed E-state index contributed by atoms with van der Waals surface area (Å²) in [6, 6.07) is 9.77. The maximum absolute atomic E-state index is 12.9. The van der Waals surface area contributed by atoms with Gasteiger partial charge in [-0.25, -0.2) is 0 Å². The third-order valence-electron chi connectivity index (χ3n) is 7.01. The average Bonchev–Trinajstić information content (AvgIpc) is 3.41. The molecule has 1 unspecified atom stereocenters. The van der Waals surface area contributed by atoms with Gasteiger partial charge in [-0.2, -0.15) is 0 Å². The predicted octanol–water partition coefficient (Wildman–Crippen LogP) is 3.05. The molecule has 12 heteroatoms. The number of nitrogens with one attached hydrogen (secondary N) is 1. The number of primary amides is 1. The van der Waals surface area contributed by atoms with Crippen LogP contribution in [0.5, 0.6) is 5.75 Å². The van der Waals surface area contributed by atoms with Gasteiger partial charge in [0, 0.05) is 57.4 Å². The van der Waals surface area contributed by atoms with Crippen LogP contribution in [0.3, 0.4) is 0 Å². The molecule has 2 aromatic carbocycles. The second kappa shape index (κ2) is 13.7. The smallest absolute Gasteiger partial charge is 0.261 e. The highest BCUT2D eigenvalue weighted by atomic mass is 35.5. The Morgan fingerprint density at radius 3 is 2.41 bits per heavy atom. The molecule has 2 fully saturated rings. The number of ether oxygens (including phenoxy) is 1. The lowest BCUT2D eigenvalue weighted by Gasteiger charge is -2.34. The van der Waals surface area contributed by atoms with Gasteiger partial charge in [0.1, 0.15) is 11.8 Å². The molecule has 0 spiro atoms. The molecule has 0 saturated carbocycles. The summed E-state index contributed by atoms with van der Waals surface area (Å²) in [4.78, 5) is 43.3. The van der Waals surface area contributed by atoms with Crippen LogP contribution >= 0.6 is 34.8 Å². The van der Waals surface area contributed by atoms with Gasteiger partial charge in [-0.15, -0.1) is 0 Å². The first kappa shape index (κ1) is 29.4. The van der Waals surface area contributed by atoms with Crippen molar-refractivity contribution in [3.05, 3.63) is 62.6 Å². The molecule has 4 rings (SSSR count). The Hall–Kier alpha value is -2.56. The van der Waals surface area contributed by atoms with Crippen LogP contribution in [0.15, 0.2) is 36.4 Å². The molecule has 3 N–H and O–H groups in total. The Kier molecular flexibility index (Phi) is 10.3. The summed E-state index contributed by atoms with van der Waals surface area (Å²) in [7, 11) is 0. The van der Waals surface area contributed by atoms with E-state index in [1.165, 1.54) is 11.0 Å². The first-order valence-electron chi connectivity index (χ1n) is 12.9. The zero-order chi connectivity index (χ0) is 27.9. The van der Waals surface area contributed by atoms with Crippen LogP contribution in [-0.4, -0.2) is 90.9 Å². The van der Waals surface area contributed by atoms with Gasteiger partial charge in [-0.1, -0.05) is 40.9 Å². The SMILES string of the molecule is NC(=O)C1CCCN1C(=O)COc1cc(Cl)ccc1C(=O)NCCN1CCN(Cc2ccc(Cl)c(Cl)c2)CC1. The molecular formula is C27H32Cl3N5O4. The fraction of sp³-hybridized carbons (Fsp3) is 0.444. The van der Waals surface area contributed by atoms with E-state index >= 15 is 0 Å². The van der Waals surface area contributed by atoms with Crippen molar-refractivity contribution in [1.82, 2.24) is 20.0 Å². The molecule has 0 radical (unpaired) electrons. The van der Waals surface area contributed by atoms with E-state index < -0.39 is 11.9 Å². The predicted molar refractivity (Wildman–Crippen MR) is 151 cm³/mol. The summed E-state index contributed by atoms with van der Waals surface area (Å²) in [6.45, 7) is 5.69. The quantitative estimate of drug-likeness (QED) is 0.437. The number of carbonyl (C=O) groups excluding carboxylic acids is 3. The molecule has 3 amide bonds. The number of piperazine rings is 1. The number of hydrogen-bond acceptors (Lipinski definition) is 6. The van der Waals surface area contributed by atoms with Gasteiger partial charge in [-0.3, -0.25) is 24.2 Å². The largest absolute Gasteiger partial charge is 0.483 e. The molecule has 2 saturated heterocycles. The first-order chi connectivity index (χ1) is 18.7. The minimum atomic E-state index is -0.624. The summed E-state index contributed by atoms with van der Waals surface area (Å²) >= 11 is 18.3. The molecule has 2 aromatic rings. The Bertz CT molecular complexity index is 1210. The topological polar surface area (TPSA) is 108 Å². The molecule has 2 aliphatic rings. The van der Waals surface area contributed by atoms with Crippen molar-refractivity contribution >= 4 is 52.5 Å². The Morgan fingerprint density at radius 2 is 1.69 bits per heavy atom. The van der Waals surface area contributed by atoms with Crippen molar-refractivity contribution in [3.63, 3.8) is 0 Å². The molecule has 39 heavy (non-hydrogen) atoms. The van der Waals surface area contributed by atoms with Crippen LogP contribution in [0.2, 0.25) is 15.1 Å². The number of hydrogen-bond donors (Lipinski definition) is 2. The highest BCUT2D eigenvalue weighted by Gasteiger charge is 2.33.